The van der Waals surface area contributed by atoms with Crippen LogP contribution in [0.2, 0.25) is 0 Å². The molecule has 3 nitrogen and oxygen atoms in total. The van der Waals surface area contributed by atoms with Crippen molar-refractivity contribution in [3.63, 3.8) is 0 Å². The molecule has 2 atom stereocenters. The number of hydrogen-bond acceptors (Lipinski definition) is 3. The monoisotopic (exact) mass is 161 g/mol. The SMILES string of the molecule is CCCC(O)([Si])C(O)CO. The van der Waals surface area contributed by atoms with Crippen LogP contribution in [0.3, 0.4) is 0 Å². The van der Waals surface area contributed by atoms with Crippen LogP contribution in [0, 0.1) is 0 Å². The molecule has 0 spiro atoms. The van der Waals surface area contributed by atoms with Crippen LogP contribution >= 0.6 is 0 Å². The maximum Gasteiger partial charge on any atom is 0.102 e. The van der Waals surface area contributed by atoms with E-state index < -0.39 is 17.9 Å². The second-order valence-corrected chi connectivity index (χ2v) is 3.24. The summed E-state index contributed by atoms with van der Waals surface area (Å²) in [4.78, 5) is 0. The first-order chi connectivity index (χ1) is 4.54. The molecular weight excluding hydrogens is 148 g/mol. The van der Waals surface area contributed by atoms with Gasteiger partial charge in [0.1, 0.15) is 6.10 Å². The van der Waals surface area contributed by atoms with Gasteiger partial charge in [0.2, 0.25) is 0 Å². The van der Waals surface area contributed by atoms with Gasteiger partial charge >= 0.3 is 0 Å². The van der Waals surface area contributed by atoms with E-state index in [2.05, 4.69) is 10.2 Å². The molecule has 0 saturated heterocycles. The van der Waals surface area contributed by atoms with E-state index in [1.54, 1.807) is 0 Å². The molecule has 0 aromatic heterocycles. The minimum atomic E-state index is -1.33. The summed E-state index contributed by atoms with van der Waals surface area (Å²) >= 11 is 0. The summed E-state index contributed by atoms with van der Waals surface area (Å²) < 4.78 is 0. The lowest BCUT2D eigenvalue weighted by molar-refractivity contribution is -0.0459. The van der Waals surface area contributed by atoms with Gasteiger partial charge in [-0.15, -0.1) is 0 Å². The molecule has 0 aromatic carbocycles. The Hall–Kier alpha value is 0.0969. The fraction of sp³-hybridized carbons (Fsp3) is 1.00. The van der Waals surface area contributed by atoms with Gasteiger partial charge in [0, 0.05) is 0 Å². The van der Waals surface area contributed by atoms with Crippen molar-refractivity contribution in [1.82, 2.24) is 0 Å². The first-order valence-electron chi connectivity index (χ1n) is 3.31. The zero-order valence-electron chi connectivity index (χ0n) is 6.04. The molecule has 0 fully saturated rings. The van der Waals surface area contributed by atoms with Crippen molar-refractivity contribution in [2.45, 2.75) is 31.1 Å². The molecule has 0 aliphatic carbocycles. The van der Waals surface area contributed by atoms with Crippen molar-refractivity contribution < 1.29 is 15.3 Å². The zero-order chi connectivity index (χ0) is 8.20. The number of aliphatic hydroxyl groups is 3. The highest BCUT2D eigenvalue weighted by Crippen LogP contribution is 2.12. The molecule has 0 bridgehead atoms. The molecule has 4 heteroatoms. The first kappa shape index (κ1) is 10.1. The molecular formula is C6H13O3Si. The predicted octanol–water partition coefficient (Wildman–Crippen LogP) is -1.00. The third-order valence-corrected chi connectivity index (χ3v) is 1.94. The minimum absolute atomic E-state index is 0.422. The lowest BCUT2D eigenvalue weighted by atomic mass is 10.1. The van der Waals surface area contributed by atoms with Crippen LogP contribution in [-0.2, 0) is 0 Å². The normalized spacial score (nSPS) is 20.1. The molecule has 0 aliphatic heterocycles. The van der Waals surface area contributed by atoms with Gasteiger partial charge in [-0.25, -0.2) is 0 Å². The van der Waals surface area contributed by atoms with Crippen LogP contribution in [0.4, 0.5) is 0 Å². The molecule has 0 amide bonds. The van der Waals surface area contributed by atoms with Crippen molar-refractivity contribution in [2.24, 2.45) is 0 Å². The summed E-state index contributed by atoms with van der Waals surface area (Å²) in [5, 5.41) is 25.4. The quantitative estimate of drug-likeness (QED) is 0.463. The predicted molar refractivity (Wildman–Crippen MR) is 38.7 cm³/mol. The third-order valence-electron chi connectivity index (χ3n) is 1.36. The van der Waals surface area contributed by atoms with E-state index in [9.17, 15) is 5.11 Å². The number of aliphatic hydroxyl groups excluding tert-OH is 2. The second-order valence-electron chi connectivity index (χ2n) is 2.37. The molecule has 0 rings (SSSR count). The van der Waals surface area contributed by atoms with Crippen molar-refractivity contribution in [3.8, 4) is 0 Å². The molecule has 0 heterocycles. The average Bonchev–Trinajstić information content (AvgIpc) is 1.86. The van der Waals surface area contributed by atoms with E-state index in [1.807, 2.05) is 6.92 Å². The van der Waals surface area contributed by atoms with Crippen molar-refractivity contribution >= 4 is 10.2 Å². The smallest absolute Gasteiger partial charge is 0.102 e. The molecule has 59 valence electrons. The van der Waals surface area contributed by atoms with E-state index in [0.29, 0.717) is 6.42 Å². The Balaban J connectivity index is 3.82. The van der Waals surface area contributed by atoms with Gasteiger partial charge in [-0.2, -0.15) is 0 Å². The van der Waals surface area contributed by atoms with Crippen LogP contribution in [0.1, 0.15) is 19.8 Å². The summed E-state index contributed by atoms with van der Waals surface area (Å²) in [5.41, 5.74) is 0. The topological polar surface area (TPSA) is 60.7 Å². The van der Waals surface area contributed by atoms with E-state index in [1.165, 1.54) is 0 Å². The molecule has 0 aromatic rings. The second kappa shape index (κ2) is 4.08. The molecule has 3 radical (unpaired) electrons. The third kappa shape index (κ3) is 2.79. The molecule has 10 heavy (non-hydrogen) atoms. The molecule has 0 aliphatic rings. The summed E-state index contributed by atoms with van der Waals surface area (Å²) in [5.74, 6) is 0. The minimum Gasteiger partial charge on any atom is -0.394 e. The van der Waals surface area contributed by atoms with Crippen LogP contribution in [0.15, 0.2) is 0 Å². The van der Waals surface area contributed by atoms with E-state index >= 15 is 0 Å². The van der Waals surface area contributed by atoms with Crippen molar-refractivity contribution in [1.29, 1.82) is 0 Å². The van der Waals surface area contributed by atoms with Gasteiger partial charge in [0.25, 0.3) is 0 Å². The van der Waals surface area contributed by atoms with Crippen molar-refractivity contribution in [2.75, 3.05) is 6.61 Å². The highest BCUT2D eigenvalue weighted by molar-refractivity contribution is 6.14. The molecule has 2 unspecified atom stereocenters. The molecule has 0 saturated carbocycles. The highest BCUT2D eigenvalue weighted by Gasteiger charge is 2.28. The van der Waals surface area contributed by atoms with E-state index in [4.69, 9.17) is 10.2 Å². The Labute approximate surface area is 64.1 Å². The van der Waals surface area contributed by atoms with Crippen LogP contribution in [0.5, 0.6) is 0 Å². The number of rotatable bonds is 4. The van der Waals surface area contributed by atoms with Gasteiger partial charge in [-0.05, 0) is 6.42 Å². The van der Waals surface area contributed by atoms with E-state index in [0.717, 1.165) is 6.42 Å². The average molecular weight is 161 g/mol. The Morgan fingerprint density at radius 3 is 2.40 bits per heavy atom. The first-order valence-corrected chi connectivity index (χ1v) is 3.81. The summed E-state index contributed by atoms with van der Waals surface area (Å²) in [7, 11) is 2.96. The maximum absolute atomic E-state index is 9.29. The Kier molecular flexibility index (Phi) is 4.11. The standard InChI is InChI=1S/C6H13O3Si/c1-2-3-6(9,10)5(8)4-7/h5,7-9H,2-4H2,1H3. The highest BCUT2D eigenvalue weighted by atomic mass is 28.1. The van der Waals surface area contributed by atoms with Gasteiger partial charge in [-0.3, -0.25) is 0 Å². The molecule has 3 N–H and O–H groups in total. The van der Waals surface area contributed by atoms with Gasteiger partial charge in [-0.1, -0.05) is 13.3 Å². The van der Waals surface area contributed by atoms with Gasteiger partial charge in [0.15, 0.2) is 0 Å². The van der Waals surface area contributed by atoms with E-state index in [-0.39, 0.29) is 0 Å². The Morgan fingerprint density at radius 1 is 1.60 bits per heavy atom. The summed E-state index contributed by atoms with van der Waals surface area (Å²) in [6.07, 6.45) is 0.0620. The van der Waals surface area contributed by atoms with Gasteiger partial charge < -0.3 is 15.3 Å². The lowest BCUT2D eigenvalue weighted by Crippen LogP contribution is -2.44. The Bertz CT molecular complexity index is 95.0. The van der Waals surface area contributed by atoms with Crippen LogP contribution in [-0.4, -0.2) is 43.5 Å². The summed E-state index contributed by atoms with van der Waals surface area (Å²) in [6.45, 7) is 1.45. The van der Waals surface area contributed by atoms with Gasteiger partial charge in [0.05, 0.1) is 22.1 Å². The fourth-order valence-electron chi connectivity index (χ4n) is 0.699. The summed E-state index contributed by atoms with van der Waals surface area (Å²) in [6, 6.07) is 0. The fourth-order valence-corrected chi connectivity index (χ4v) is 1.04. The largest absolute Gasteiger partial charge is 0.394 e. The van der Waals surface area contributed by atoms with Crippen molar-refractivity contribution in [3.05, 3.63) is 0 Å². The zero-order valence-corrected chi connectivity index (χ0v) is 7.04. The van der Waals surface area contributed by atoms with Crippen LogP contribution in [0.25, 0.3) is 0 Å². The van der Waals surface area contributed by atoms with Crippen LogP contribution < -0.4 is 0 Å². The maximum atomic E-state index is 9.29. The lowest BCUT2D eigenvalue weighted by Gasteiger charge is -2.26. The Morgan fingerprint density at radius 2 is 2.10 bits per heavy atom. The number of hydrogen-bond donors (Lipinski definition) is 3.